The van der Waals surface area contributed by atoms with Gasteiger partial charge < -0.3 is 9.88 Å². The van der Waals surface area contributed by atoms with Crippen LogP contribution in [-0.4, -0.2) is 26.3 Å². The summed E-state index contributed by atoms with van der Waals surface area (Å²) in [5, 5.41) is 11.2. The van der Waals surface area contributed by atoms with E-state index >= 15 is 0 Å². The molecule has 3 rings (SSSR count). The van der Waals surface area contributed by atoms with Crippen LogP contribution in [0.25, 0.3) is 0 Å². The van der Waals surface area contributed by atoms with Crippen LogP contribution in [0, 0.1) is 12.8 Å². The number of halogens is 4. The second kappa shape index (κ2) is 5.99. The molecule has 0 bridgehead atoms. The van der Waals surface area contributed by atoms with E-state index in [9.17, 15) is 13.2 Å². The van der Waals surface area contributed by atoms with E-state index in [1.807, 2.05) is 6.92 Å². The normalized spacial score (nSPS) is 17.9. The van der Waals surface area contributed by atoms with Crippen LogP contribution in [0.3, 0.4) is 0 Å². The maximum atomic E-state index is 12.6. The van der Waals surface area contributed by atoms with Gasteiger partial charge in [0.1, 0.15) is 17.5 Å². The molecule has 1 aliphatic rings. The highest BCUT2D eigenvalue weighted by Crippen LogP contribution is 2.32. The Morgan fingerprint density at radius 2 is 2.17 bits per heavy atom. The van der Waals surface area contributed by atoms with Gasteiger partial charge in [-0.3, -0.25) is 0 Å². The molecule has 0 fully saturated rings. The molecule has 0 saturated heterocycles. The van der Waals surface area contributed by atoms with Crippen molar-refractivity contribution in [2.75, 3.05) is 11.9 Å². The maximum Gasteiger partial charge on any atom is 0.417 e. The van der Waals surface area contributed by atoms with Crippen LogP contribution in [0.2, 0.25) is 5.02 Å². The molecule has 1 N–H and O–H groups in total. The van der Waals surface area contributed by atoms with Gasteiger partial charge in [0.2, 0.25) is 0 Å². The van der Waals surface area contributed by atoms with E-state index in [-0.39, 0.29) is 10.8 Å². The van der Waals surface area contributed by atoms with E-state index in [1.54, 1.807) is 0 Å². The molecule has 9 heteroatoms. The van der Waals surface area contributed by atoms with Crippen molar-refractivity contribution in [2.24, 2.45) is 5.92 Å². The summed E-state index contributed by atoms with van der Waals surface area (Å²) in [5.74, 6) is 2.43. The SMILES string of the molecule is Cc1nnc2n1C[C@@H](CNc1ncc(C(F)(F)F)cc1Cl)CC2. The quantitative estimate of drug-likeness (QED) is 0.927. The Kier molecular flexibility index (Phi) is 4.18. The highest BCUT2D eigenvalue weighted by atomic mass is 35.5. The Morgan fingerprint density at radius 1 is 1.39 bits per heavy atom. The molecule has 0 radical (unpaired) electrons. The highest BCUT2D eigenvalue weighted by Gasteiger charge is 2.31. The van der Waals surface area contributed by atoms with Crippen molar-refractivity contribution in [2.45, 2.75) is 32.5 Å². The van der Waals surface area contributed by atoms with E-state index in [0.29, 0.717) is 12.5 Å². The molecule has 3 heterocycles. The summed E-state index contributed by atoms with van der Waals surface area (Å²) in [6.07, 6.45) is -1.89. The molecule has 1 atom stereocenters. The molecule has 5 nitrogen and oxygen atoms in total. The Hall–Kier alpha value is -1.83. The van der Waals surface area contributed by atoms with Crippen LogP contribution in [0.5, 0.6) is 0 Å². The molecule has 0 aromatic carbocycles. The lowest BCUT2D eigenvalue weighted by Gasteiger charge is -2.24. The van der Waals surface area contributed by atoms with E-state index in [4.69, 9.17) is 11.6 Å². The van der Waals surface area contributed by atoms with E-state index in [1.165, 1.54) is 0 Å². The number of pyridine rings is 1. The predicted molar refractivity (Wildman–Crippen MR) is 79.3 cm³/mol. The molecule has 1 aliphatic heterocycles. The number of nitrogens with zero attached hydrogens (tertiary/aromatic N) is 4. The summed E-state index contributed by atoms with van der Waals surface area (Å²) in [6, 6.07) is 0.889. The number of rotatable bonds is 3. The second-order valence-electron chi connectivity index (χ2n) is 5.61. The topological polar surface area (TPSA) is 55.6 Å². The van der Waals surface area contributed by atoms with Crippen LogP contribution in [0.1, 0.15) is 23.6 Å². The van der Waals surface area contributed by atoms with Gasteiger partial charge in [0.05, 0.1) is 10.6 Å². The molecule has 2 aromatic heterocycles. The third-order valence-corrected chi connectivity index (χ3v) is 4.24. The lowest BCUT2D eigenvalue weighted by Crippen LogP contribution is -2.27. The molecule has 0 amide bonds. The Morgan fingerprint density at radius 3 is 2.87 bits per heavy atom. The number of hydrogen-bond acceptors (Lipinski definition) is 4. The van der Waals surface area contributed by atoms with Gasteiger partial charge >= 0.3 is 6.18 Å². The van der Waals surface area contributed by atoms with Crippen molar-refractivity contribution in [1.82, 2.24) is 19.7 Å². The lowest BCUT2D eigenvalue weighted by molar-refractivity contribution is -0.137. The number of aryl methyl sites for hydroxylation is 2. The van der Waals surface area contributed by atoms with Crippen LogP contribution in [0.4, 0.5) is 19.0 Å². The minimum Gasteiger partial charge on any atom is -0.368 e. The smallest absolute Gasteiger partial charge is 0.368 e. The van der Waals surface area contributed by atoms with Crippen molar-refractivity contribution in [3.8, 4) is 0 Å². The van der Waals surface area contributed by atoms with Crippen LogP contribution in [-0.2, 0) is 19.1 Å². The fourth-order valence-corrected chi connectivity index (χ4v) is 2.89. The summed E-state index contributed by atoms with van der Waals surface area (Å²) in [6.45, 7) is 3.26. The summed E-state index contributed by atoms with van der Waals surface area (Å²) in [7, 11) is 0. The first-order chi connectivity index (χ1) is 10.8. The van der Waals surface area contributed by atoms with Gasteiger partial charge in [0.25, 0.3) is 0 Å². The van der Waals surface area contributed by atoms with E-state index in [2.05, 4.69) is 25.1 Å². The molecule has 0 unspecified atom stereocenters. The van der Waals surface area contributed by atoms with Crippen molar-refractivity contribution in [1.29, 1.82) is 0 Å². The van der Waals surface area contributed by atoms with Crippen molar-refractivity contribution >= 4 is 17.4 Å². The Balaban J connectivity index is 1.64. The van der Waals surface area contributed by atoms with Crippen LogP contribution >= 0.6 is 11.6 Å². The average molecular weight is 346 g/mol. The number of fused-ring (bicyclic) bond motifs is 1. The number of aromatic nitrogens is 4. The molecule has 0 spiro atoms. The number of anilines is 1. The minimum absolute atomic E-state index is 0.0307. The minimum atomic E-state index is -4.44. The summed E-state index contributed by atoms with van der Waals surface area (Å²) >= 11 is 5.89. The number of alkyl halides is 3. The molecule has 0 aliphatic carbocycles. The summed E-state index contributed by atoms with van der Waals surface area (Å²) in [4.78, 5) is 3.79. The molecule has 2 aromatic rings. The number of hydrogen-bond donors (Lipinski definition) is 1. The van der Waals surface area contributed by atoms with Gasteiger partial charge in [-0.25, -0.2) is 4.98 Å². The van der Waals surface area contributed by atoms with E-state index < -0.39 is 11.7 Å². The summed E-state index contributed by atoms with van der Waals surface area (Å²) < 4.78 is 39.8. The molecular formula is C14H15ClF3N5. The highest BCUT2D eigenvalue weighted by molar-refractivity contribution is 6.32. The maximum absolute atomic E-state index is 12.6. The fourth-order valence-electron chi connectivity index (χ4n) is 2.66. The summed E-state index contributed by atoms with van der Waals surface area (Å²) in [5.41, 5.74) is -0.851. The average Bonchev–Trinajstić information content (AvgIpc) is 2.86. The third kappa shape index (κ3) is 3.41. The first-order valence-electron chi connectivity index (χ1n) is 7.20. The first kappa shape index (κ1) is 16.0. The van der Waals surface area contributed by atoms with Crippen molar-refractivity contribution < 1.29 is 13.2 Å². The molecule has 0 saturated carbocycles. The van der Waals surface area contributed by atoms with Crippen molar-refractivity contribution in [3.63, 3.8) is 0 Å². The fraction of sp³-hybridized carbons (Fsp3) is 0.500. The van der Waals surface area contributed by atoms with Gasteiger partial charge in [0, 0.05) is 25.7 Å². The zero-order chi connectivity index (χ0) is 16.6. The molecule has 124 valence electrons. The lowest BCUT2D eigenvalue weighted by atomic mass is 9.99. The van der Waals surface area contributed by atoms with Gasteiger partial charge in [-0.15, -0.1) is 10.2 Å². The number of nitrogens with one attached hydrogen (secondary N) is 1. The largest absolute Gasteiger partial charge is 0.417 e. The standard InChI is InChI=1S/C14H15ClF3N5/c1-8-21-22-12-3-2-9(7-23(8)12)5-19-13-11(15)4-10(6-20-13)14(16,17)18/h4,6,9H,2-3,5,7H2,1H3,(H,19,20)/t9-/m1/s1. The zero-order valence-corrected chi connectivity index (χ0v) is 13.1. The van der Waals surface area contributed by atoms with Gasteiger partial charge in [-0.05, 0) is 25.3 Å². The monoisotopic (exact) mass is 345 g/mol. The predicted octanol–water partition coefficient (Wildman–Crippen LogP) is 3.33. The van der Waals surface area contributed by atoms with Gasteiger partial charge in [0.15, 0.2) is 0 Å². The van der Waals surface area contributed by atoms with Gasteiger partial charge in [-0.2, -0.15) is 13.2 Å². The molecule has 23 heavy (non-hydrogen) atoms. The molecular weight excluding hydrogens is 331 g/mol. The second-order valence-corrected chi connectivity index (χ2v) is 6.02. The van der Waals surface area contributed by atoms with Gasteiger partial charge in [-0.1, -0.05) is 11.6 Å². The van der Waals surface area contributed by atoms with E-state index in [0.717, 1.165) is 43.3 Å². The third-order valence-electron chi connectivity index (χ3n) is 3.96. The Bertz CT molecular complexity index is 713. The van der Waals surface area contributed by atoms with Crippen molar-refractivity contribution in [3.05, 3.63) is 34.5 Å². The first-order valence-corrected chi connectivity index (χ1v) is 7.57. The Labute approximate surface area is 135 Å². The van der Waals surface area contributed by atoms with Crippen LogP contribution in [0.15, 0.2) is 12.3 Å². The zero-order valence-electron chi connectivity index (χ0n) is 12.4. The van der Waals surface area contributed by atoms with Crippen LogP contribution < -0.4 is 5.32 Å².